The van der Waals surface area contributed by atoms with Crippen molar-refractivity contribution in [3.8, 4) is 0 Å². The third kappa shape index (κ3) is 2.14. The van der Waals surface area contributed by atoms with Crippen molar-refractivity contribution in [1.29, 1.82) is 0 Å². The fourth-order valence-electron chi connectivity index (χ4n) is 1.11. The molecule has 0 aromatic heterocycles. The number of aliphatic carboxylic acids is 1. The molecule has 0 aliphatic carbocycles. The van der Waals surface area contributed by atoms with Gasteiger partial charge in [0.15, 0.2) is 0 Å². The largest absolute Gasteiger partial charge is 0.480 e. The Morgan fingerprint density at radius 1 is 1.58 bits per heavy atom. The SMILES string of the molecule is CC(C)(C)C1N[C@H](C(=O)O)CS1. The molecule has 0 aromatic rings. The zero-order valence-corrected chi connectivity index (χ0v) is 8.44. The van der Waals surface area contributed by atoms with Crippen LogP contribution in [0.3, 0.4) is 0 Å². The molecule has 0 radical (unpaired) electrons. The molecule has 70 valence electrons. The molecule has 2 N–H and O–H groups in total. The first kappa shape index (κ1) is 9.86. The Labute approximate surface area is 76.9 Å². The van der Waals surface area contributed by atoms with Gasteiger partial charge < -0.3 is 5.11 Å². The summed E-state index contributed by atoms with van der Waals surface area (Å²) >= 11 is 1.69. The molecule has 4 heteroatoms. The van der Waals surface area contributed by atoms with Crippen LogP contribution in [-0.2, 0) is 4.79 Å². The second-order valence-corrected chi connectivity index (χ2v) is 5.27. The quantitative estimate of drug-likeness (QED) is 0.649. The molecule has 3 nitrogen and oxygen atoms in total. The zero-order chi connectivity index (χ0) is 9.35. The second kappa shape index (κ2) is 3.26. The predicted molar refractivity (Wildman–Crippen MR) is 50.3 cm³/mol. The van der Waals surface area contributed by atoms with Crippen LogP contribution in [0.15, 0.2) is 0 Å². The lowest BCUT2D eigenvalue weighted by atomic mass is 9.96. The minimum Gasteiger partial charge on any atom is -0.480 e. The first-order valence-electron chi connectivity index (χ1n) is 4.02. The van der Waals surface area contributed by atoms with Crippen LogP contribution in [0.25, 0.3) is 0 Å². The van der Waals surface area contributed by atoms with Gasteiger partial charge >= 0.3 is 5.97 Å². The van der Waals surface area contributed by atoms with Gasteiger partial charge in [0.2, 0.25) is 0 Å². The molecule has 0 bridgehead atoms. The molecule has 1 saturated heterocycles. The molecule has 0 aromatic carbocycles. The zero-order valence-electron chi connectivity index (χ0n) is 7.63. The summed E-state index contributed by atoms with van der Waals surface area (Å²) in [5.74, 6) is -0.0636. The lowest BCUT2D eigenvalue weighted by Gasteiger charge is -2.26. The summed E-state index contributed by atoms with van der Waals surface area (Å²) in [6.45, 7) is 6.34. The molecular formula is C8H15NO2S. The van der Waals surface area contributed by atoms with Crippen molar-refractivity contribution in [2.24, 2.45) is 5.41 Å². The first-order valence-corrected chi connectivity index (χ1v) is 5.06. The molecule has 1 aliphatic heterocycles. The van der Waals surface area contributed by atoms with Gasteiger partial charge in [-0.2, -0.15) is 0 Å². The summed E-state index contributed by atoms with van der Waals surface area (Å²) < 4.78 is 0. The Kier molecular flexibility index (Phi) is 2.68. The van der Waals surface area contributed by atoms with Crippen LogP contribution in [0.5, 0.6) is 0 Å². The molecule has 0 spiro atoms. The number of carboxylic acid groups (broad SMARTS) is 1. The van der Waals surface area contributed by atoms with Crippen molar-refractivity contribution >= 4 is 17.7 Å². The summed E-state index contributed by atoms with van der Waals surface area (Å²) in [6.07, 6.45) is 0. The highest BCUT2D eigenvalue weighted by Crippen LogP contribution is 2.33. The van der Waals surface area contributed by atoms with Crippen molar-refractivity contribution in [2.45, 2.75) is 32.2 Å². The van der Waals surface area contributed by atoms with Crippen LogP contribution < -0.4 is 5.32 Å². The van der Waals surface area contributed by atoms with E-state index in [9.17, 15) is 4.79 Å². The van der Waals surface area contributed by atoms with E-state index >= 15 is 0 Å². The number of hydrogen-bond acceptors (Lipinski definition) is 3. The van der Waals surface area contributed by atoms with E-state index in [2.05, 4.69) is 26.1 Å². The van der Waals surface area contributed by atoms with Gasteiger partial charge in [-0.05, 0) is 5.41 Å². The van der Waals surface area contributed by atoms with Gasteiger partial charge in [0.25, 0.3) is 0 Å². The molecule has 1 rings (SSSR count). The fourth-order valence-corrected chi connectivity index (χ4v) is 2.50. The smallest absolute Gasteiger partial charge is 0.321 e. The minimum atomic E-state index is -0.741. The monoisotopic (exact) mass is 189 g/mol. The van der Waals surface area contributed by atoms with Crippen molar-refractivity contribution in [3.63, 3.8) is 0 Å². The Morgan fingerprint density at radius 2 is 2.17 bits per heavy atom. The van der Waals surface area contributed by atoms with Crippen molar-refractivity contribution in [3.05, 3.63) is 0 Å². The van der Waals surface area contributed by atoms with Crippen LogP contribution in [-0.4, -0.2) is 28.2 Å². The molecular weight excluding hydrogens is 174 g/mol. The summed E-state index contributed by atoms with van der Waals surface area (Å²) in [6, 6.07) is -0.362. The van der Waals surface area contributed by atoms with Gasteiger partial charge in [-0.1, -0.05) is 20.8 Å². The van der Waals surface area contributed by atoms with Crippen LogP contribution >= 0.6 is 11.8 Å². The average Bonchev–Trinajstić information content (AvgIpc) is 2.30. The predicted octanol–water partition coefficient (Wildman–Crippen LogP) is 1.15. The average molecular weight is 189 g/mol. The van der Waals surface area contributed by atoms with E-state index in [1.54, 1.807) is 11.8 Å². The van der Waals surface area contributed by atoms with E-state index in [1.165, 1.54) is 0 Å². The molecule has 12 heavy (non-hydrogen) atoms. The normalized spacial score (nSPS) is 30.6. The lowest BCUT2D eigenvalue weighted by Crippen LogP contribution is -2.41. The van der Waals surface area contributed by atoms with Gasteiger partial charge in [-0.3, -0.25) is 10.1 Å². The Balaban J connectivity index is 2.51. The van der Waals surface area contributed by atoms with E-state index in [4.69, 9.17) is 5.11 Å². The van der Waals surface area contributed by atoms with E-state index in [0.717, 1.165) is 0 Å². The Morgan fingerprint density at radius 3 is 2.42 bits per heavy atom. The molecule has 0 amide bonds. The maximum atomic E-state index is 10.6. The number of hydrogen-bond donors (Lipinski definition) is 2. The Hall–Kier alpha value is -0.220. The molecule has 1 fully saturated rings. The van der Waals surface area contributed by atoms with E-state index in [0.29, 0.717) is 5.75 Å². The summed E-state index contributed by atoms with van der Waals surface area (Å²) in [7, 11) is 0. The van der Waals surface area contributed by atoms with Crippen LogP contribution in [0, 0.1) is 5.41 Å². The summed E-state index contributed by atoms with van der Waals surface area (Å²) in [5, 5.41) is 12.1. The fraction of sp³-hybridized carbons (Fsp3) is 0.875. The Bertz CT molecular complexity index is 188. The van der Waals surface area contributed by atoms with Gasteiger partial charge in [0, 0.05) is 5.75 Å². The number of rotatable bonds is 1. The lowest BCUT2D eigenvalue weighted by molar-refractivity contribution is -0.138. The maximum Gasteiger partial charge on any atom is 0.321 e. The van der Waals surface area contributed by atoms with Gasteiger partial charge in [0.1, 0.15) is 6.04 Å². The number of thioether (sulfide) groups is 1. The van der Waals surface area contributed by atoms with E-state index < -0.39 is 5.97 Å². The van der Waals surface area contributed by atoms with E-state index in [-0.39, 0.29) is 16.8 Å². The highest BCUT2D eigenvalue weighted by molar-refractivity contribution is 8.00. The van der Waals surface area contributed by atoms with E-state index in [1.807, 2.05) is 0 Å². The van der Waals surface area contributed by atoms with Crippen LogP contribution in [0.4, 0.5) is 0 Å². The molecule has 1 heterocycles. The van der Waals surface area contributed by atoms with Crippen molar-refractivity contribution in [1.82, 2.24) is 5.32 Å². The van der Waals surface area contributed by atoms with Crippen LogP contribution in [0.1, 0.15) is 20.8 Å². The van der Waals surface area contributed by atoms with Gasteiger partial charge in [0.05, 0.1) is 5.37 Å². The number of nitrogens with one attached hydrogen (secondary N) is 1. The molecule has 1 aliphatic rings. The molecule has 1 unspecified atom stereocenters. The van der Waals surface area contributed by atoms with Crippen molar-refractivity contribution < 1.29 is 9.90 Å². The molecule has 2 atom stereocenters. The second-order valence-electron chi connectivity index (χ2n) is 4.14. The minimum absolute atomic E-state index is 0.134. The third-order valence-electron chi connectivity index (χ3n) is 1.87. The standard InChI is InChI=1S/C8H15NO2S/c1-8(2,3)7-9-5(4-12-7)6(10)11/h5,7,9H,4H2,1-3H3,(H,10,11)/t5-,7?/m0/s1. The van der Waals surface area contributed by atoms with Crippen LogP contribution in [0.2, 0.25) is 0 Å². The highest BCUT2D eigenvalue weighted by Gasteiger charge is 2.35. The highest BCUT2D eigenvalue weighted by atomic mass is 32.2. The topological polar surface area (TPSA) is 49.3 Å². The summed E-state index contributed by atoms with van der Waals surface area (Å²) in [4.78, 5) is 10.6. The summed E-state index contributed by atoms with van der Waals surface area (Å²) in [5.41, 5.74) is 0.134. The van der Waals surface area contributed by atoms with Gasteiger partial charge in [-0.25, -0.2) is 0 Å². The van der Waals surface area contributed by atoms with Crippen molar-refractivity contribution in [2.75, 3.05) is 5.75 Å². The third-order valence-corrected chi connectivity index (χ3v) is 3.57. The number of carboxylic acids is 1. The number of carbonyl (C=O) groups is 1. The maximum absolute atomic E-state index is 10.6. The molecule has 0 saturated carbocycles. The van der Waals surface area contributed by atoms with Gasteiger partial charge in [-0.15, -0.1) is 11.8 Å². The first-order chi connectivity index (χ1) is 5.41.